The number of carbonyl (C=O) groups is 2. The number of aromatic nitrogens is 1. The number of rotatable bonds is 3. The molecule has 1 fully saturated rings. The number of benzene rings is 1. The second-order valence-corrected chi connectivity index (χ2v) is 7.56. The van der Waals surface area contributed by atoms with E-state index in [2.05, 4.69) is 4.98 Å². The van der Waals surface area contributed by atoms with E-state index in [1.165, 1.54) is 0 Å². The summed E-state index contributed by atoms with van der Waals surface area (Å²) in [6.07, 6.45) is -0.352. The van der Waals surface area contributed by atoms with Crippen LogP contribution in [0, 0.1) is 0 Å². The molecular weight excluding hydrogens is 334 g/mol. The van der Waals surface area contributed by atoms with Crippen molar-refractivity contribution < 1.29 is 19.4 Å². The number of aliphatic carboxylic acids is 1. The Labute approximate surface area is 152 Å². The lowest BCUT2D eigenvalue weighted by atomic mass is 10.1. The molecule has 0 bridgehead atoms. The molecule has 3 rings (SSSR count). The first-order chi connectivity index (χ1) is 12.2. The number of hydrogen-bond acceptors (Lipinski definition) is 4. The molecule has 2 heterocycles. The number of para-hydroxylation sites is 1. The molecule has 0 aliphatic carbocycles. The maximum absolute atomic E-state index is 12.2. The smallest absolute Gasteiger partial charge is 0.410 e. The molecule has 2 N–H and O–H groups in total. The van der Waals surface area contributed by atoms with Gasteiger partial charge in [0.15, 0.2) is 0 Å². The third kappa shape index (κ3) is 3.99. The van der Waals surface area contributed by atoms with E-state index in [-0.39, 0.29) is 6.09 Å². The Morgan fingerprint density at radius 3 is 2.38 bits per heavy atom. The summed E-state index contributed by atoms with van der Waals surface area (Å²) in [6.45, 7) is 7.33. The summed E-state index contributed by atoms with van der Waals surface area (Å²) in [5, 5.41) is 10.8. The van der Waals surface area contributed by atoms with E-state index in [1.807, 2.05) is 56.0 Å². The van der Waals surface area contributed by atoms with Gasteiger partial charge in [-0.2, -0.15) is 0 Å². The summed E-state index contributed by atoms with van der Waals surface area (Å²) < 4.78 is 5.39. The van der Waals surface area contributed by atoms with Crippen molar-refractivity contribution in [3.8, 4) is 0 Å². The molecule has 140 valence electrons. The first-order valence-electron chi connectivity index (χ1n) is 8.77. The number of nitrogens with zero attached hydrogens (tertiary/aromatic N) is 2. The van der Waals surface area contributed by atoms with Crippen molar-refractivity contribution in [3.63, 3.8) is 0 Å². The van der Waals surface area contributed by atoms with E-state index in [1.54, 1.807) is 4.90 Å². The van der Waals surface area contributed by atoms with Gasteiger partial charge in [-0.3, -0.25) is 9.69 Å². The molecule has 7 heteroatoms. The zero-order valence-electron chi connectivity index (χ0n) is 15.4. The molecule has 1 aromatic carbocycles. The molecule has 1 saturated heterocycles. The number of H-pyrrole nitrogens is 1. The van der Waals surface area contributed by atoms with Gasteiger partial charge < -0.3 is 19.7 Å². The number of carbonyl (C=O) groups excluding carboxylic acids is 1. The lowest BCUT2D eigenvalue weighted by Gasteiger charge is -2.37. The number of fused-ring (bicyclic) bond motifs is 1. The first-order valence-corrected chi connectivity index (χ1v) is 8.77. The highest BCUT2D eigenvalue weighted by molar-refractivity contribution is 5.83. The van der Waals surface area contributed by atoms with Gasteiger partial charge in [0.2, 0.25) is 0 Å². The molecule has 0 spiro atoms. The van der Waals surface area contributed by atoms with Crippen molar-refractivity contribution in [1.82, 2.24) is 14.8 Å². The zero-order chi connectivity index (χ0) is 18.9. The topological polar surface area (TPSA) is 85.9 Å². The average Bonchev–Trinajstić information content (AvgIpc) is 2.97. The van der Waals surface area contributed by atoms with Crippen molar-refractivity contribution in [2.45, 2.75) is 32.4 Å². The number of aromatic amines is 1. The second-order valence-electron chi connectivity index (χ2n) is 7.56. The van der Waals surface area contributed by atoms with E-state index >= 15 is 0 Å². The van der Waals surface area contributed by atoms with Gasteiger partial charge in [-0.15, -0.1) is 0 Å². The predicted octanol–water partition coefficient (Wildman–Crippen LogP) is 2.85. The van der Waals surface area contributed by atoms with E-state index in [0.29, 0.717) is 31.9 Å². The summed E-state index contributed by atoms with van der Waals surface area (Å²) in [4.78, 5) is 30.8. The van der Waals surface area contributed by atoms with Crippen LogP contribution in [0.15, 0.2) is 30.3 Å². The van der Waals surface area contributed by atoms with Crippen molar-refractivity contribution in [3.05, 3.63) is 36.0 Å². The van der Waals surface area contributed by atoms with Crippen molar-refractivity contribution in [2.24, 2.45) is 0 Å². The van der Waals surface area contributed by atoms with Crippen LogP contribution >= 0.6 is 0 Å². The van der Waals surface area contributed by atoms with Crippen LogP contribution in [-0.4, -0.2) is 63.7 Å². The number of nitrogens with one attached hydrogen (secondary N) is 1. The number of ether oxygens (including phenoxy) is 1. The Bertz CT molecular complexity index is 767. The van der Waals surface area contributed by atoms with Crippen LogP contribution in [0.25, 0.3) is 10.9 Å². The fraction of sp³-hybridized carbons (Fsp3) is 0.474. The van der Waals surface area contributed by atoms with Crippen LogP contribution in [0.4, 0.5) is 4.79 Å². The van der Waals surface area contributed by atoms with Crippen LogP contribution in [0.2, 0.25) is 0 Å². The Kier molecular flexibility index (Phi) is 4.91. The van der Waals surface area contributed by atoms with E-state index in [0.717, 1.165) is 10.9 Å². The lowest BCUT2D eigenvalue weighted by Crippen LogP contribution is -2.52. The Hall–Kier alpha value is -2.54. The largest absolute Gasteiger partial charge is 0.480 e. The summed E-state index contributed by atoms with van der Waals surface area (Å²) in [5.74, 6) is -0.901. The molecule has 7 nitrogen and oxygen atoms in total. The van der Waals surface area contributed by atoms with E-state index < -0.39 is 17.6 Å². The minimum absolute atomic E-state index is 0.352. The first kappa shape index (κ1) is 18.3. The molecule has 1 aromatic heterocycles. The van der Waals surface area contributed by atoms with Gasteiger partial charge in [-0.25, -0.2) is 4.79 Å². The molecule has 1 aliphatic rings. The second kappa shape index (κ2) is 6.99. The number of amides is 1. The molecule has 1 aliphatic heterocycles. The van der Waals surface area contributed by atoms with Gasteiger partial charge in [-0.05, 0) is 38.3 Å². The number of carboxylic acids is 1. The minimum Gasteiger partial charge on any atom is -0.480 e. The monoisotopic (exact) mass is 359 g/mol. The van der Waals surface area contributed by atoms with Gasteiger partial charge in [0, 0.05) is 37.4 Å². The highest BCUT2D eigenvalue weighted by Gasteiger charge is 2.33. The van der Waals surface area contributed by atoms with Gasteiger partial charge >= 0.3 is 12.1 Å². The lowest BCUT2D eigenvalue weighted by molar-refractivity contribution is -0.144. The van der Waals surface area contributed by atoms with Gasteiger partial charge in [-0.1, -0.05) is 18.2 Å². The van der Waals surface area contributed by atoms with Gasteiger partial charge in [0.1, 0.15) is 11.6 Å². The van der Waals surface area contributed by atoms with Crippen LogP contribution < -0.4 is 0 Å². The maximum atomic E-state index is 12.2. The van der Waals surface area contributed by atoms with Crippen LogP contribution in [0.3, 0.4) is 0 Å². The Morgan fingerprint density at radius 1 is 1.15 bits per heavy atom. The molecule has 26 heavy (non-hydrogen) atoms. The number of carboxylic acid groups (broad SMARTS) is 1. The predicted molar refractivity (Wildman–Crippen MR) is 98.1 cm³/mol. The Balaban J connectivity index is 1.71. The average molecular weight is 359 g/mol. The van der Waals surface area contributed by atoms with Crippen molar-refractivity contribution in [2.75, 3.05) is 26.2 Å². The molecular formula is C19H25N3O4. The number of piperazine rings is 1. The normalized spacial score (nSPS) is 17.3. The molecule has 2 aromatic rings. The Morgan fingerprint density at radius 2 is 1.81 bits per heavy atom. The summed E-state index contributed by atoms with van der Waals surface area (Å²) >= 11 is 0. The molecule has 0 saturated carbocycles. The molecule has 1 unspecified atom stereocenters. The van der Waals surface area contributed by atoms with E-state index in [9.17, 15) is 14.7 Å². The maximum Gasteiger partial charge on any atom is 0.410 e. The highest BCUT2D eigenvalue weighted by atomic mass is 16.6. The third-order valence-corrected chi connectivity index (χ3v) is 4.41. The van der Waals surface area contributed by atoms with Crippen LogP contribution in [0.5, 0.6) is 0 Å². The van der Waals surface area contributed by atoms with Crippen molar-refractivity contribution in [1.29, 1.82) is 0 Å². The van der Waals surface area contributed by atoms with Gasteiger partial charge in [0.05, 0.1) is 0 Å². The quantitative estimate of drug-likeness (QED) is 0.880. The molecule has 1 atom stereocenters. The zero-order valence-corrected chi connectivity index (χ0v) is 15.4. The van der Waals surface area contributed by atoms with Crippen molar-refractivity contribution >= 4 is 23.0 Å². The van der Waals surface area contributed by atoms with Crippen LogP contribution in [-0.2, 0) is 9.53 Å². The SMILES string of the molecule is CC(C)(C)OC(=O)N1CCN(C(C(=O)O)c2cc3ccccc3[nH]2)CC1. The van der Waals surface area contributed by atoms with Gasteiger partial charge in [0.25, 0.3) is 0 Å². The minimum atomic E-state index is -0.901. The highest BCUT2D eigenvalue weighted by Crippen LogP contribution is 2.26. The molecule has 0 radical (unpaired) electrons. The summed E-state index contributed by atoms with van der Waals surface area (Å²) in [7, 11) is 0. The fourth-order valence-corrected chi connectivity index (χ4v) is 3.22. The molecule has 1 amide bonds. The van der Waals surface area contributed by atoms with E-state index in [4.69, 9.17) is 4.74 Å². The standard InChI is InChI=1S/C19H25N3O4/c1-19(2,3)26-18(25)22-10-8-21(9-11-22)16(17(23)24)15-12-13-6-4-5-7-14(13)20-15/h4-7,12,16,20H,8-11H2,1-3H3,(H,23,24). The third-order valence-electron chi connectivity index (χ3n) is 4.41. The fourth-order valence-electron chi connectivity index (χ4n) is 3.22. The summed E-state index contributed by atoms with van der Waals surface area (Å²) in [5.41, 5.74) is 1.04. The number of hydrogen-bond donors (Lipinski definition) is 2. The summed E-state index contributed by atoms with van der Waals surface area (Å²) in [6, 6.07) is 8.84. The van der Waals surface area contributed by atoms with Crippen LogP contribution in [0.1, 0.15) is 32.5 Å².